The highest BCUT2D eigenvalue weighted by molar-refractivity contribution is 7.18. The van der Waals surface area contributed by atoms with Crippen molar-refractivity contribution in [2.24, 2.45) is 5.92 Å². The maximum Gasteiger partial charge on any atom is 0.231 e. The molecule has 0 spiro atoms. The van der Waals surface area contributed by atoms with Crippen molar-refractivity contribution in [3.8, 4) is 10.6 Å². The van der Waals surface area contributed by atoms with E-state index in [0.717, 1.165) is 22.7 Å². The van der Waals surface area contributed by atoms with Gasteiger partial charge in [0.05, 0.1) is 5.92 Å². The number of carbonyl (C=O) groups excluding carboxylic acids is 2. The molecule has 1 saturated heterocycles. The zero-order valence-corrected chi connectivity index (χ0v) is 16.3. The standard InChI is InChI=1S/C21H20N4O2S/c1-2-14-8-10-17(11-9-14)25-13-16(12-18(25)26)19(27)22-21-24-23-20(28-21)15-6-4-3-5-7-15/h3-11,16H,2,12-13H2,1H3,(H,22,24,27). The van der Waals surface area contributed by atoms with Gasteiger partial charge >= 0.3 is 0 Å². The molecule has 2 amide bonds. The molecule has 1 aliphatic rings. The molecular formula is C21H20N4O2S. The fraction of sp³-hybridized carbons (Fsp3) is 0.238. The highest BCUT2D eigenvalue weighted by Gasteiger charge is 2.35. The molecule has 0 radical (unpaired) electrons. The minimum absolute atomic E-state index is 0.0355. The number of hydrogen-bond donors (Lipinski definition) is 1. The van der Waals surface area contributed by atoms with Crippen molar-refractivity contribution in [3.63, 3.8) is 0 Å². The van der Waals surface area contributed by atoms with Gasteiger partial charge in [-0.3, -0.25) is 9.59 Å². The maximum atomic E-state index is 12.6. The third kappa shape index (κ3) is 3.80. The molecule has 0 aliphatic carbocycles. The second kappa shape index (κ2) is 7.90. The number of nitrogens with one attached hydrogen (secondary N) is 1. The third-order valence-electron chi connectivity index (χ3n) is 4.83. The zero-order valence-electron chi connectivity index (χ0n) is 15.5. The summed E-state index contributed by atoms with van der Waals surface area (Å²) >= 11 is 1.32. The van der Waals surface area contributed by atoms with E-state index in [1.807, 2.05) is 54.6 Å². The summed E-state index contributed by atoms with van der Waals surface area (Å²) in [6, 6.07) is 17.6. The molecule has 6 nitrogen and oxygen atoms in total. The third-order valence-corrected chi connectivity index (χ3v) is 5.72. The molecule has 0 bridgehead atoms. The molecule has 4 rings (SSSR count). The second-order valence-electron chi connectivity index (χ2n) is 6.69. The van der Waals surface area contributed by atoms with Crippen molar-refractivity contribution in [1.82, 2.24) is 10.2 Å². The number of aromatic nitrogens is 2. The van der Waals surface area contributed by atoms with Crippen LogP contribution in [0.1, 0.15) is 18.9 Å². The lowest BCUT2D eigenvalue weighted by Gasteiger charge is -2.16. The molecule has 142 valence electrons. The van der Waals surface area contributed by atoms with E-state index in [0.29, 0.717) is 11.7 Å². The number of hydrogen-bond acceptors (Lipinski definition) is 5. The van der Waals surface area contributed by atoms with Crippen LogP contribution in [-0.4, -0.2) is 28.6 Å². The van der Waals surface area contributed by atoms with Crippen LogP contribution in [0.5, 0.6) is 0 Å². The predicted molar refractivity (Wildman–Crippen MR) is 110 cm³/mol. The van der Waals surface area contributed by atoms with Crippen LogP contribution in [-0.2, 0) is 16.0 Å². The van der Waals surface area contributed by atoms with Gasteiger partial charge in [-0.05, 0) is 24.1 Å². The Hall–Kier alpha value is -3.06. The summed E-state index contributed by atoms with van der Waals surface area (Å²) in [5.74, 6) is -0.633. The van der Waals surface area contributed by atoms with Gasteiger partial charge in [0.1, 0.15) is 5.01 Å². The Morgan fingerprint density at radius 3 is 2.61 bits per heavy atom. The number of benzene rings is 2. The van der Waals surface area contributed by atoms with E-state index in [1.165, 1.54) is 16.9 Å². The smallest absolute Gasteiger partial charge is 0.231 e. The first-order chi connectivity index (χ1) is 13.6. The highest BCUT2D eigenvalue weighted by atomic mass is 32.1. The quantitative estimate of drug-likeness (QED) is 0.717. The topological polar surface area (TPSA) is 75.2 Å². The van der Waals surface area contributed by atoms with E-state index >= 15 is 0 Å². The number of amides is 2. The lowest BCUT2D eigenvalue weighted by atomic mass is 10.1. The molecule has 0 saturated carbocycles. The average molecular weight is 392 g/mol. The molecule has 2 aromatic carbocycles. The van der Waals surface area contributed by atoms with Gasteiger partial charge in [0.2, 0.25) is 16.9 Å². The summed E-state index contributed by atoms with van der Waals surface area (Å²) in [6.45, 7) is 2.47. The first kappa shape index (κ1) is 18.3. The van der Waals surface area contributed by atoms with E-state index in [2.05, 4.69) is 22.4 Å². The van der Waals surface area contributed by atoms with Gasteiger partial charge in [0.15, 0.2) is 0 Å². The zero-order chi connectivity index (χ0) is 19.5. The molecule has 2 heterocycles. The van der Waals surface area contributed by atoms with Gasteiger partial charge < -0.3 is 10.2 Å². The van der Waals surface area contributed by atoms with Crippen LogP contribution < -0.4 is 10.2 Å². The maximum absolute atomic E-state index is 12.6. The normalized spacial score (nSPS) is 16.4. The Morgan fingerprint density at radius 1 is 1.14 bits per heavy atom. The Kier molecular flexibility index (Phi) is 5.16. The number of nitrogens with zero attached hydrogens (tertiary/aromatic N) is 3. The second-order valence-corrected chi connectivity index (χ2v) is 7.67. The Labute approximate surface area is 167 Å². The van der Waals surface area contributed by atoms with Gasteiger partial charge in [-0.15, -0.1) is 10.2 Å². The van der Waals surface area contributed by atoms with Crippen molar-refractivity contribution in [2.45, 2.75) is 19.8 Å². The number of rotatable bonds is 5. The van der Waals surface area contributed by atoms with Crippen LogP contribution in [0.15, 0.2) is 54.6 Å². The fourth-order valence-corrected chi connectivity index (χ4v) is 3.97. The summed E-state index contributed by atoms with van der Waals surface area (Å²) in [6.07, 6.45) is 1.15. The van der Waals surface area contributed by atoms with Gasteiger partial charge in [0.25, 0.3) is 0 Å². The molecule has 7 heteroatoms. The molecule has 1 unspecified atom stereocenters. The Morgan fingerprint density at radius 2 is 1.89 bits per heavy atom. The van der Waals surface area contributed by atoms with Crippen molar-refractivity contribution >= 4 is 34.0 Å². The van der Waals surface area contributed by atoms with Gasteiger partial charge in [0, 0.05) is 24.2 Å². The van der Waals surface area contributed by atoms with Crippen molar-refractivity contribution in [1.29, 1.82) is 0 Å². The first-order valence-corrected chi connectivity index (χ1v) is 10.0. The molecule has 3 aromatic rings. The molecule has 1 N–H and O–H groups in total. The Balaban J connectivity index is 1.41. The predicted octanol–water partition coefficient (Wildman–Crippen LogP) is 3.76. The fourth-order valence-electron chi connectivity index (χ4n) is 3.22. The van der Waals surface area contributed by atoms with Gasteiger partial charge in [-0.25, -0.2) is 0 Å². The number of aryl methyl sites for hydroxylation is 1. The molecular weight excluding hydrogens is 372 g/mol. The molecule has 28 heavy (non-hydrogen) atoms. The molecule has 1 atom stereocenters. The summed E-state index contributed by atoms with van der Waals surface area (Å²) < 4.78 is 0. The molecule has 1 aliphatic heterocycles. The summed E-state index contributed by atoms with van der Waals surface area (Å²) in [5.41, 5.74) is 3.01. The lowest BCUT2D eigenvalue weighted by Crippen LogP contribution is -2.28. The number of anilines is 2. The van der Waals surface area contributed by atoms with Crippen molar-refractivity contribution < 1.29 is 9.59 Å². The monoisotopic (exact) mass is 392 g/mol. The molecule has 1 fully saturated rings. The van der Waals surface area contributed by atoms with Crippen LogP contribution in [0.3, 0.4) is 0 Å². The first-order valence-electron chi connectivity index (χ1n) is 9.23. The van der Waals surface area contributed by atoms with Crippen LogP contribution in [0.2, 0.25) is 0 Å². The minimum Gasteiger partial charge on any atom is -0.312 e. The minimum atomic E-state index is -0.401. The highest BCUT2D eigenvalue weighted by Crippen LogP contribution is 2.29. The summed E-state index contributed by atoms with van der Waals surface area (Å²) in [5, 5.41) is 12.2. The lowest BCUT2D eigenvalue weighted by molar-refractivity contribution is -0.122. The largest absolute Gasteiger partial charge is 0.312 e. The number of carbonyl (C=O) groups is 2. The Bertz CT molecular complexity index is 985. The van der Waals surface area contributed by atoms with E-state index in [9.17, 15) is 9.59 Å². The van der Waals surface area contributed by atoms with E-state index in [-0.39, 0.29) is 18.2 Å². The summed E-state index contributed by atoms with van der Waals surface area (Å²) in [7, 11) is 0. The SMILES string of the molecule is CCc1ccc(N2CC(C(=O)Nc3nnc(-c4ccccc4)s3)CC2=O)cc1. The van der Waals surface area contributed by atoms with Gasteiger partial charge in [-0.1, -0.05) is 60.7 Å². The molecule has 1 aromatic heterocycles. The summed E-state index contributed by atoms with van der Waals surface area (Å²) in [4.78, 5) is 26.7. The van der Waals surface area contributed by atoms with Gasteiger partial charge in [-0.2, -0.15) is 0 Å². The van der Waals surface area contributed by atoms with E-state index in [4.69, 9.17) is 0 Å². The van der Waals surface area contributed by atoms with Crippen molar-refractivity contribution in [2.75, 3.05) is 16.8 Å². The van der Waals surface area contributed by atoms with E-state index < -0.39 is 5.92 Å². The van der Waals surface area contributed by atoms with E-state index in [1.54, 1.807) is 4.90 Å². The average Bonchev–Trinajstić information content (AvgIpc) is 3.35. The van der Waals surface area contributed by atoms with Crippen LogP contribution in [0, 0.1) is 5.92 Å². The van der Waals surface area contributed by atoms with Crippen molar-refractivity contribution in [3.05, 3.63) is 60.2 Å². The van der Waals surface area contributed by atoms with Crippen LogP contribution in [0.25, 0.3) is 10.6 Å². The van der Waals surface area contributed by atoms with Crippen LogP contribution in [0.4, 0.5) is 10.8 Å². The van der Waals surface area contributed by atoms with Crippen LogP contribution >= 0.6 is 11.3 Å².